The lowest BCUT2D eigenvalue weighted by Crippen LogP contribution is -2.46. The number of pyridine rings is 1. The molecule has 1 aliphatic carbocycles. The van der Waals surface area contributed by atoms with Gasteiger partial charge in [0, 0.05) is 42.8 Å². The number of hydrogen-bond donors (Lipinski definition) is 3. The molecule has 1 fully saturated rings. The molecule has 0 bridgehead atoms. The van der Waals surface area contributed by atoms with Crippen molar-refractivity contribution in [2.45, 2.75) is 57.7 Å². The Morgan fingerprint density at radius 2 is 1.88 bits per heavy atom. The third-order valence-corrected chi connectivity index (χ3v) is 4.67. The lowest BCUT2D eigenvalue weighted by atomic mass is 9.91. The second-order valence-electron chi connectivity index (χ2n) is 7.17. The molecule has 0 aliphatic heterocycles. The standard InChI is InChI=1S/C18H26N6O2/c1-11(2)20-18(26)22-14-7-5-13(6-8-14)21-17-19-10-12-4-9-15(25)24(3)16(12)23-17/h4,9-11,13-14H,5-8H2,1-3H3,(H,19,21,23)(H2,20,22,26). The van der Waals surface area contributed by atoms with Crippen LogP contribution in [-0.2, 0) is 7.05 Å². The summed E-state index contributed by atoms with van der Waals surface area (Å²) in [6.45, 7) is 3.89. The third kappa shape index (κ3) is 4.30. The van der Waals surface area contributed by atoms with Gasteiger partial charge in [-0.3, -0.25) is 9.36 Å². The van der Waals surface area contributed by atoms with Crippen LogP contribution in [0.15, 0.2) is 23.1 Å². The molecule has 2 aromatic heterocycles. The molecule has 8 heteroatoms. The second-order valence-corrected chi connectivity index (χ2v) is 7.17. The summed E-state index contributed by atoms with van der Waals surface area (Å²) in [5, 5.41) is 10.1. The predicted octanol–water partition coefficient (Wildman–Crippen LogP) is 1.76. The average molecular weight is 358 g/mol. The molecule has 2 amide bonds. The fourth-order valence-electron chi connectivity index (χ4n) is 3.27. The van der Waals surface area contributed by atoms with Gasteiger partial charge in [-0.1, -0.05) is 0 Å². The van der Waals surface area contributed by atoms with E-state index in [-0.39, 0.29) is 29.7 Å². The molecule has 2 heterocycles. The number of urea groups is 1. The van der Waals surface area contributed by atoms with Gasteiger partial charge in [0.25, 0.3) is 5.56 Å². The molecule has 0 aromatic carbocycles. The molecule has 3 rings (SSSR count). The molecule has 0 unspecified atom stereocenters. The van der Waals surface area contributed by atoms with Gasteiger partial charge in [-0.15, -0.1) is 0 Å². The van der Waals surface area contributed by atoms with Crippen molar-refractivity contribution in [1.29, 1.82) is 0 Å². The number of aromatic nitrogens is 3. The number of carbonyl (C=O) groups is 1. The number of hydrogen-bond acceptors (Lipinski definition) is 5. The van der Waals surface area contributed by atoms with Crippen molar-refractivity contribution in [2.24, 2.45) is 7.05 Å². The molecule has 8 nitrogen and oxygen atoms in total. The van der Waals surface area contributed by atoms with E-state index in [2.05, 4.69) is 25.9 Å². The summed E-state index contributed by atoms with van der Waals surface area (Å²) in [6, 6.07) is 3.75. The van der Waals surface area contributed by atoms with Crippen molar-refractivity contribution in [1.82, 2.24) is 25.2 Å². The Morgan fingerprint density at radius 1 is 1.19 bits per heavy atom. The van der Waals surface area contributed by atoms with Gasteiger partial charge in [-0.2, -0.15) is 4.98 Å². The summed E-state index contributed by atoms with van der Waals surface area (Å²) >= 11 is 0. The van der Waals surface area contributed by atoms with E-state index in [1.54, 1.807) is 19.3 Å². The number of rotatable bonds is 4. The average Bonchev–Trinajstić information content (AvgIpc) is 2.59. The molecule has 1 saturated carbocycles. The number of nitrogens with zero attached hydrogens (tertiary/aromatic N) is 3. The molecule has 0 atom stereocenters. The second kappa shape index (κ2) is 7.72. The molecule has 0 radical (unpaired) electrons. The van der Waals surface area contributed by atoms with Crippen LogP contribution in [0.25, 0.3) is 11.0 Å². The van der Waals surface area contributed by atoms with Crippen LogP contribution in [-0.4, -0.2) is 38.7 Å². The van der Waals surface area contributed by atoms with Crippen LogP contribution in [0.1, 0.15) is 39.5 Å². The number of amides is 2. The van der Waals surface area contributed by atoms with Gasteiger partial charge >= 0.3 is 6.03 Å². The molecule has 2 aromatic rings. The van der Waals surface area contributed by atoms with Crippen LogP contribution >= 0.6 is 0 Å². The SMILES string of the molecule is CC(C)NC(=O)NC1CCC(Nc2ncc3ccc(=O)n(C)c3n2)CC1. The Hall–Kier alpha value is -2.64. The largest absolute Gasteiger partial charge is 0.351 e. The number of nitrogens with one attached hydrogen (secondary N) is 3. The normalized spacial score (nSPS) is 20.2. The smallest absolute Gasteiger partial charge is 0.315 e. The summed E-state index contributed by atoms with van der Waals surface area (Å²) in [6.07, 6.45) is 5.42. The van der Waals surface area contributed by atoms with E-state index >= 15 is 0 Å². The maximum absolute atomic E-state index is 11.8. The first-order chi connectivity index (χ1) is 12.4. The summed E-state index contributed by atoms with van der Waals surface area (Å²) in [4.78, 5) is 32.4. The molecular weight excluding hydrogens is 332 g/mol. The van der Waals surface area contributed by atoms with Gasteiger partial charge in [0.15, 0.2) is 0 Å². The van der Waals surface area contributed by atoms with E-state index in [0.717, 1.165) is 31.1 Å². The van der Waals surface area contributed by atoms with E-state index in [0.29, 0.717) is 11.6 Å². The number of fused-ring (bicyclic) bond motifs is 1. The highest BCUT2D eigenvalue weighted by Crippen LogP contribution is 2.21. The Morgan fingerprint density at radius 3 is 2.58 bits per heavy atom. The summed E-state index contributed by atoms with van der Waals surface area (Å²) in [7, 11) is 1.71. The van der Waals surface area contributed by atoms with Gasteiger partial charge in [0.2, 0.25) is 5.95 Å². The first-order valence-electron chi connectivity index (χ1n) is 9.08. The van der Waals surface area contributed by atoms with Gasteiger partial charge < -0.3 is 16.0 Å². The van der Waals surface area contributed by atoms with Crippen LogP contribution < -0.4 is 21.5 Å². The Kier molecular flexibility index (Phi) is 5.39. The highest BCUT2D eigenvalue weighted by Gasteiger charge is 2.23. The molecule has 140 valence electrons. The lowest BCUT2D eigenvalue weighted by Gasteiger charge is -2.30. The van der Waals surface area contributed by atoms with Crippen LogP contribution in [0.2, 0.25) is 0 Å². The number of aryl methyl sites for hydroxylation is 1. The zero-order valence-electron chi connectivity index (χ0n) is 15.5. The first kappa shape index (κ1) is 18.2. The Labute approximate surface area is 152 Å². The highest BCUT2D eigenvalue weighted by atomic mass is 16.2. The minimum absolute atomic E-state index is 0.0894. The van der Waals surface area contributed by atoms with Crippen molar-refractivity contribution in [3.05, 3.63) is 28.7 Å². The highest BCUT2D eigenvalue weighted by molar-refractivity contribution is 5.75. The number of carbonyl (C=O) groups excluding carboxylic acids is 1. The van der Waals surface area contributed by atoms with Gasteiger partial charge in [-0.25, -0.2) is 9.78 Å². The van der Waals surface area contributed by atoms with Crippen LogP contribution in [0, 0.1) is 0 Å². The quantitative estimate of drug-likeness (QED) is 0.773. The van der Waals surface area contributed by atoms with Crippen molar-refractivity contribution in [2.75, 3.05) is 5.32 Å². The van der Waals surface area contributed by atoms with E-state index in [4.69, 9.17) is 0 Å². The van der Waals surface area contributed by atoms with Crippen molar-refractivity contribution in [3.63, 3.8) is 0 Å². The van der Waals surface area contributed by atoms with E-state index in [9.17, 15) is 9.59 Å². The van der Waals surface area contributed by atoms with Gasteiger partial charge in [-0.05, 0) is 45.6 Å². The summed E-state index contributed by atoms with van der Waals surface area (Å²) in [5.74, 6) is 0.535. The van der Waals surface area contributed by atoms with Gasteiger partial charge in [0.05, 0.1) is 0 Å². The molecular formula is C18H26N6O2. The topological polar surface area (TPSA) is 101 Å². The predicted molar refractivity (Wildman–Crippen MR) is 101 cm³/mol. The first-order valence-corrected chi connectivity index (χ1v) is 9.08. The van der Waals surface area contributed by atoms with Crippen LogP contribution in [0.4, 0.5) is 10.7 Å². The number of anilines is 1. The summed E-state index contributed by atoms with van der Waals surface area (Å²) in [5.41, 5.74) is 0.532. The molecule has 0 spiro atoms. The minimum Gasteiger partial charge on any atom is -0.351 e. The fourth-order valence-corrected chi connectivity index (χ4v) is 3.27. The lowest BCUT2D eigenvalue weighted by molar-refractivity contribution is 0.229. The van der Waals surface area contributed by atoms with Gasteiger partial charge in [0.1, 0.15) is 5.65 Å². The molecule has 3 N–H and O–H groups in total. The van der Waals surface area contributed by atoms with Crippen molar-refractivity contribution in [3.8, 4) is 0 Å². The molecule has 1 aliphatic rings. The minimum atomic E-state index is -0.102. The fraction of sp³-hybridized carbons (Fsp3) is 0.556. The van der Waals surface area contributed by atoms with Crippen molar-refractivity contribution < 1.29 is 4.79 Å². The van der Waals surface area contributed by atoms with E-state index in [1.807, 2.05) is 13.8 Å². The summed E-state index contributed by atoms with van der Waals surface area (Å²) < 4.78 is 1.52. The van der Waals surface area contributed by atoms with Crippen molar-refractivity contribution >= 4 is 23.0 Å². The van der Waals surface area contributed by atoms with Crippen LogP contribution in [0.5, 0.6) is 0 Å². The molecule has 26 heavy (non-hydrogen) atoms. The maximum atomic E-state index is 11.8. The zero-order chi connectivity index (χ0) is 18.7. The van der Waals surface area contributed by atoms with E-state index in [1.165, 1.54) is 10.6 Å². The molecule has 0 saturated heterocycles. The zero-order valence-corrected chi connectivity index (χ0v) is 15.5. The van der Waals surface area contributed by atoms with E-state index < -0.39 is 0 Å². The third-order valence-electron chi connectivity index (χ3n) is 4.67. The Balaban J connectivity index is 1.58. The van der Waals surface area contributed by atoms with Crippen LogP contribution in [0.3, 0.4) is 0 Å². The Bertz CT molecular complexity index is 839. The maximum Gasteiger partial charge on any atom is 0.315 e. The monoisotopic (exact) mass is 358 g/mol.